The number of aromatic nitrogens is 1. The number of guanidine groups is 1. The number of carbonyl (C=O) groups excluding carboxylic acids is 1. The number of hydrogen-bond donors (Lipinski definition) is 1. The molecule has 1 amide bonds. The maximum Gasteiger partial charge on any atom is 0.243 e. The average Bonchev–Trinajstić information content (AvgIpc) is 3.38. The number of hydrogen-bond acceptors (Lipinski definition) is 6. The summed E-state index contributed by atoms with van der Waals surface area (Å²) in [5.41, 5.74) is 0.403. The molecule has 11 heteroatoms. The predicted molar refractivity (Wildman–Crippen MR) is 109 cm³/mol. The first-order valence-electron chi connectivity index (χ1n) is 9.98. The maximum absolute atomic E-state index is 12.6. The summed E-state index contributed by atoms with van der Waals surface area (Å²) in [5, 5.41) is 7.18. The van der Waals surface area contributed by atoms with Crippen LogP contribution in [0.1, 0.15) is 31.4 Å². The Morgan fingerprint density at radius 3 is 2.55 bits per heavy atom. The highest BCUT2D eigenvalue weighted by molar-refractivity contribution is 7.88. The molecule has 1 aromatic rings. The van der Waals surface area contributed by atoms with Gasteiger partial charge in [0.25, 0.3) is 0 Å². The van der Waals surface area contributed by atoms with Gasteiger partial charge in [0, 0.05) is 52.4 Å². The molecule has 2 aliphatic rings. The summed E-state index contributed by atoms with van der Waals surface area (Å²) in [4.78, 5) is 20.1. The Morgan fingerprint density at radius 1 is 1.28 bits per heavy atom. The van der Waals surface area contributed by atoms with E-state index in [4.69, 9.17) is 4.52 Å². The number of sulfonamides is 1. The van der Waals surface area contributed by atoms with Gasteiger partial charge in [0.05, 0.1) is 5.69 Å². The minimum absolute atomic E-state index is 0.0652. The van der Waals surface area contributed by atoms with Gasteiger partial charge in [-0.3, -0.25) is 4.79 Å². The molecule has 10 nitrogen and oxygen atoms in total. The van der Waals surface area contributed by atoms with Crippen LogP contribution in [0.5, 0.6) is 0 Å². The van der Waals surface area contributed by atoms with Crippen LogP contribution in [0.2, 0.25) is 0 Å². The fourth-order valence-electron chi connectivity index (χ4n) is 3.54. The fraction of sp³-hybridized carbons (Fsp3) is 0.722. The van der Waals surface area contributed by atoms with Crippen molar-refractivity contribution in [3.05, 3.63) is 18.0 Å². The molecule has 1 aliphatic carbocycles. The van der Waals surface area contributed by atoms with Gasteiger partial charge < -0.3 is 19.6 Å². The Morgan fingerprint density at radius 2 is 1.97 bits per heavy atom. The first kappa shape index (κ1) is 21.6. The Balaban J connectivity index is 1.62. The number of carbonyl (C=O) groups is 1. The smallest absolute Gasteiger partial charge is 0.243 e. The summed E-state index contributed by atoms with van der Waals surface area (Å²) in [6.07, 6.45) is 5.93. The number of aliphatic imine (C=N–C) groups is 1. The number of nitrogens with one attached hydrogen (secondary N) is 1. The molecule has 2 heterocycles. The lowest BCUT2D eigenvalue weighted by Crippen LogP contribution is -2.55. The third-order valence-electron chi connectivity index (χ3n) is 5.30. The summed E-state index contributed by atoms with van der Waals surface area (Å²) in [6.45, 7) is 1.85. The van der Waals surface area contributed by atoms with Crippen molar-refractivity contribution >= 4 is 21.9 Å². The molecule has 1 saturated carbocycles. The first-order chi connectivity index (χ1) is 13.8. The van der Waals surface area contributed by atoms with Crippen LogP contribution in [-0.2, 0) is 20.6 Å². The van der Waals surface area contributed by atoms with Crippen LogP contribution in [-0.4, -0.2) is 92.4 Å². The van der Waals surface area contributed by atoms with Gasteiger partial charge in [-0.05, 0) is 12.8 Å². The molecule has 0 radical (unpaired) electrons. The van der Waals surface area contributed by atoms with Crippen LogP contribution in [0.15, 0.2) is 21.8 Å². The minimum atomic E-state index is -3.45. The van der Waals surface area contributed by atoms with Crippen LogP contribution in [0.3, 0.4) is 0 Å². The molecule has 0 atom stereocenters. The van der Waals surface area contributed by atoms with Gasteiger partial charge in [-0.1, -0.05) is 18.0 Å². The van der Waals surface area contributed by atoms with Crippen LogP contribution in [0.25, 0.3) is 0 Å². The van der Waals surface area contributed by atoms with Crippen molar-refractivity contribution in [3.63, 3.8) is 0 Å². The molecule has 0 aromatic carbocycles. The van der Waals surface area contributed by atoms with Crippen LogP contribution < -0.4 is 5.32 Å². The lowest BCUT2D eigenvalue weighted by atomic mass is 10.2. The van der Waals surface area contributed by atoms with Gasteiger partial charge in [-0.2, -0.15) is 4.31 Å². The predicted octanol–water partition coefficient (Wildman–Crippen LogP) is 0.0984. The van der Waals surface area contributed by atoms with Crippen molar-refractivity contribution in [2.45, 2.75) is 37.5 Å². The van der Waals surface area contributed by atoms with Crippen LogP contribution in [0.4, 0.5) is 0 Å². The Bertz CT molecular complexity index is 794. The normalized spacial score (nSPS) is 19.5. The van der Waals surface area contributed by atoms with Gasteiger partial charge in [0.2, 0.25) is 15.9 Å². The van der Waals surface area contributed by atoms with Gasteiger partial charge >= 0.3 is 0 Å². The van der Waals surface area contributed by atoms with E-state index in [0.717, 1.165) is 12.8 Å². The lowest BCUT2D eigenvalue weighted by Gasteiger charge is -2.36. The molecule has 0 spiro atoms. The number of rotatable bonds is 6. The van der Waals surface area contributed by atoms with E-state index >= 15 is 0 Å². The molecule has 2 fully saturated rings. The van der Waals surface area contributed by atoms with Crippen molar-refractivity contribution in [3.8, 4) is 0 Å². The van der Waals surface area contributed by atoms with Crippen LogP contribution >= 0.6 is 0 Å². The second-order valence-electron chi connectivity index (χ2n) is 7.69. The van der Waals surface area contributed by atoms with E-state index in [2.05, 4.69) is 15.5 Å². The molecule has 0 unspecified atom stereocenters. The third-order valence-corrected chi connectivity index (χ3v) is 7.12. The molecule has 1 N–H and O–H groups in total. The quantitative estimate of drug-likeness (QED) is 0.507. The van der Waals surface area contributed by atoms with Gasteiger partial charge in [-0.25, -0.2) is 13.4 Å². The molecule has 29 heavy (non-hydrogen) atoms. The molecule has 1 saturated heterocycles. The molecule has 3 rings (SSSR count). The number of amides is 1. The molecule has 1 aliphatic heterocycles. The summed E-state index contributed by atoms with van der Waals surface area (Å²) < 4.78 is 31.5. The summed E-state index contributed by atoms with van der Waals surface area (Å²) in [5.74, 6) is 0.465. The standard InChI is InChI=1S/C18H30N6O4S/c1-22(2)17(25)13-19-18(20-15-5-3-4-6-15)23-8-10-24(11-9-23)29(26,27)14-16-7-12-28-21-16/h7,12,15H,3-6,8-11,13-14H2,1-2H3,(H,19,20). The van der Waals surface area contributed by atoms with E-state index in [0.29, 0.717) is 43.9 Å². The number of likely N-dealkylation sites (N-methyl/N-ethyl adjacent to an activating group) is 1. The monoisotopic (exact) mass is 426 g/mol. The van der Waals surface area contributed by atoms with Crippen molar-refractivity contribution in [2.24, 2.45) is 4.99 Å². The van der Waals surface area contributed by atoms with Gasteiger partial charge in [0.1, 0.15) is 18.6 Å². The highest BCUT2D eigenvalue weighted by Crippen LogP contribution is 2.19. The molecule has 162 valence electrons. The zero-order valence-corrected chi connectivity index (χ0v) is 17.9. The van der Waals surface area contributed by atoms with Gasteiger partial charge in [-0.15, -0.1) is 0 Å². The molecular formula is C18H30N6O4S. The average molecular weight is 427 g/mol. The number of nitrogens with zero attached hydrogens (tertiary/aromatic N) is 5. The van der Waals surface area contributed by atoms with Crippen LogP contribution in [0, 0.1) is 0 Å². The van der Waals surface area contributed by atoms with Gasteiger partial charge in [0.15, 0.2) is 5.96 Å². The summed E-state index contributed by atoms with van der Waals surface area (Å²) in [6, 6.07) is 1.92. The summed E-state index contributed by atoms with van der Waals surface area (Å²) >= 11 is 0. The topological polar surface area (TPSA) is 111 Å². The SMILES string of the molecule is CN(C)C(=O)CN=C(NC1CCCC1)N1CCN(S(=O)(=O)Cc2ccon2)CC1. The largest absolute Gasteiger partial charge is 0.364 e. The molecule has 0 bridgehead atoms. The molecular weight excluding hydrogens is 396 g/mol. The zero-order chi connectivity index (χ0) is 20.9. The first-order valence-corrected chi connectivity index (χ1v) is 11.6. The highest BCUT2D eigenvalue weighted by Gasteiger charge is 2.30. The van der Waals surface area contributed by atoms with Crippen molar-refractivity contribution in [1.29, 1.82) is 0 Å². The highest BCUT2D eigenvalue weighted by atomic mass is 32.2. The second kappa shape index (κ2) is 9.57. The van der Waals surface area contributed by atoms with Crippen molar-refractivity contribution in [2.75, 3.05) is 46.8 Å². The van der Waals surface area contributed by atoms with E-state index in [-0.39, 0.29) is 18.2 Å². The minimum Gasteiger partial charge on any atom is -0.364 e. The van der Waals surface area contributed by atoms with E-state index in [1.165, 1.54) is 28.3 Å². The zero-order valence-electron chi connectivity index (χ0n) is 17.1. The lowest BCUT2D eigenvalue weighted by molar-refractivity contribution is -0.127. The van der Waals surface area contributed by atoms with Crippen molar-refractivity contribution < 1.29 is 17.7 Å². The van der Waals surface area contributed by atoms with E-state index in [1.807, 2.05) is 4.90 Å². The summed E-state index contributed by atoms with van der Waals surface area (Å²) in [7, 11) is -0.0341. The Hall–Kier alpha value is -2.14. The third kappa shape index (κ3) is 5.92. The Labute approximate surface area is 172 Å². The van der Waals surface area contributed by atoms with E-state index < -0.39 is 10.0 Å². The second-order valence-corrected chi connectivity index (χ2v) is 9.66. The Kier molecular flexibility index (Phi) is 7.12. The van der Waals surface area contributed by atoms with E-state index in [1.54, 1.807) is 20.2 Å². The number of piperazine rings is 1. The fourth-order valence-corrected chi connectivity index (χ4v) is 4.97. The van der Waals surface area contributed by atoms with E-state index in [9.17, 15) is 13.2 Å². The maximum atomic E-state index is 12.6. The molecule has 1 aromatic heterocycles. The van der Waals surface area contributed by atoms with Crippen molar-refractivity contribution in [1.82, 2.24) is 24.6 Å².